The monoisotopic (exact) mass is 213 g/mol. The highest BCUT2D eigenvalue weighted by atomic mass is 16.5. The summed E-state index contributed by atoms with van der Waals surface area (Å²) >= 11 is 0. The maximum absolute atomic E-state index is 11.9. The number of amides is 1. The number of carbonyl (C=O) groups is 1. The lowest BCUT2D eigenvalue weighted by molar-refractivity contribution is -0.141. The Hall–Kier alpha value is -0.570. The van der Waals surface area contributed by atoms with Gasteiger partial charge in [-0.25, -0.2) is 0 Å². The van der Waals surface area contributed by atoms with E-state index in [1.54, 1.807) is 0 Å². The second-order valence-corrected chi connectivity index (χ2v) is 4.02. The second-order valence-electron chi connectivity index (χ2n) is 4.02. The molecule has 0 aromatic heterocycles. The summed E-state index contributed by atoms with van der Waals surface area (Å²) in [5.41, 5.74) is 0. The normalized spacial score (nSPS) is 29.9. The first kappa shape index (κ1) is 12.5. The summed E-state index contributed by atoms with van der Waals surface area (Å²) < 4.78 is 5.38. The Labute approximate surface area is 92.8 Å². The Bertz CT molecular complexity index is 200. The highest BCUT2D eigenvalue weighted by molar-refractivity contribution is 5.81. The smallest absolute Gasteiger partial charge is 0.251 e. The fraction of sp³-hybridized carbons (Fsp3) is 0.917. The molecule has 0 N–H and O–H groups in total. The van der Waals surface area contributed by atoms with E-state index in [4.69, 9.17) is 4.74 Å². The number of rotatable bonds is 1. The molecule has 2 heterocycles. The van der Waals surface area contributed by atoms with E-state index in [1.807, 2.05) is 18.7 Å². The molecule has 3 nitrogen and oxygen atoms in total. The summed E-state index contributed by atoms with van der Waals surface area (Å²) in [4.78, 5) is 13.8. The molecule has 0 saturated carbocycles. The van der Waals surface area contributed by atoms with Crippen molar-refractivity contribution >= 4 is 5.91 Å². The Morgan fingerprint density at radius 3 is 2.47 bits per heavy atom. The Balaban J connectivity index is 0.000000531. The molecule has 2 saturated heterocycles. The third-order valence-corrected chi connectivity index (χ3v) is 3.04. The molecule has 2 aliphatic rings. The molecule has 0 spiro atoms. The van der Waals surface area contributed by atoms with Crippen molar-refractivity contribution in [1.29, 1.82) is 0 Å². The van der Waals surface area contributed by atoms with Gasteiger partial charge in [0.2, 0.25) is 0 Å². The van der Waals surface area contributed by atoms with Crippen LogP contribution in [0.5, 0.6) is 0 Å². The van der Waals surface area contributed by atoms with Crippen LogP contribution in [0.3, 0.4) is 0 Å². The molecule has 0 aromatic rings. The van der Waals surface area contributed by atoms with Gasteiger partial charge in [-0.3, -0.25) is 4.79 Å². The van der Waals surface area contributed by atoms with Crippen molar-refractivity contribution in [2.45, 2.75) is 58.6 Å². The van der Waals surface area contributed by atoms with Crippen molar-refractivity contribution in [1.82, 2.24) is 4.90 Å². The van der Waals surface area contributed by atoms with Crippen LogP contribution < -0.4 is 0 Å². The summed E-state index contributed by atoms with van der Waals surface area (Å²) in [7, 11) is 0. The molecule has 0 aliphatic carbocycles. The van der Waals surface area contributed by atoms with Gasteiger partial charge in [0.1, 0.15) is 6.10 Å². The molecule has 2 unspecified atom stereocenters. The first-order valence-electron chi connectivity index (χ1n) is 6.21. The quantitative estimate of drug-likeness (QED) is 0.668. The number of hydrogen-bond acceptors (Lipinski definition) is 2. The molecule has 1 amide bonds. The van der Waals surface area contributed by atoms with Gasteiger partial charge in [0, 0.05) is 19.2 Å². The standard InChI is InChI=1S/C10H17NO2.C2H6/c1-8-4-2-6-11(8)10(12)9-5-3-7-13-9;1-2/h8-9H,2-7H2,1H3;1-2H3. The van der Waals surface area contributed by atoms with Crippen molar-refractivity contribution in [3.8, 4) is 0 Å². The Morgan fingerprint density at radius 1 is 1.27 bits per heavy atom. The van der Waals surface area contributed by atoms with Gasteiger partial charge in [0.15, 0.2) is 0 Å². The van der Waals surface area contributed by atoms with Gasteiger partial charge in [-0.05, 0) is 32.6 Å². The van der Waals surface area contributed by atoms with Crippen molar-refractivity contribution in [3.63, 3.8) is 0 Å². The molecule has 2 atom stereocenters. The van der Waals surface area contributed by atoms with E-state index >= 15 is 0 Å². The van der Waals surface area contributed by atoms with Gasteiger partial charge in [0.05, 0.1) is 0 Å². The Morgan fingerprint density at radius 2 is 2.00 bits per heavy atom. The van der Waals surface area contributed by atoms with E-state index < -0.39 is 0 Å². The zero-order chi connectivity index (χ0) is 11.3. The molecule has 15 heavy (non-hydrogen) atoms. The fourth-order valence-corrected chi connectivity index (χ4v) is 2.22. The van der Waals surface area contributed by atoms with E-state index in [1.165, 1.54) is 0 Å². The van der Waals surface area contributed by atoms with Crippen LogP contribution in [-0.4, -0.2) is 36.1 Å². The van der Waals surface area contributed by atoms with Gasteiger partial charge in [0.25, 0.3) is 5.91 Å². The number of carbonyl (C=O) groups excluding carboxylic acids is 1. The molecular formula is C12H23NO2. The van der Waals surface area contributed by atoms with Crippen LogP contribution in [0.15, 0.2) is 0 Å². The molecule has 0 aromatic carbocycles. The SMILES string of the molecule is CC.CC1CCCN1C(=O)C1CCCO1. The fourth-order valence-electron chi connectivity index (χ4n) is 2.22. The topological polar surface area (TPSA) is 29.5 Å². The number of nitrogens with zero attached hydrogens (tertiary/aromatic N) is 1. The summed E-state index contributed by atoms with van der Waals surface area (Å²) in [6.07, 6.45) is 4.14. The van der Waals surface area contributed by atoms with Gasteiger partial charge >= 0.3 is 0 Å². The minimum absolute atomic E-state index is 0.124. The van der Waals surface area contributed by atoms with Crippen LogP contribution in [0.1, 0.15) is 46.5 Å². The summed E-state index contributed by atoms with van der Waals surface area (Å²) in [6, 6.07) is 0.427. The highest BCUT2D eigenvalue weighted by Gasteiger charge is 2.32. The first-order chi connectivity index (χ1) is 7.29. The zero-order valence-corrected chi connectivity index (χ0v) is 10.2. The number of ether oxygens (including phenoxy) is 1. The average molecular weight is 213 g/mol. The highest BCUT2D eigenvalue weighted by Crippen LogP contribution is 2.21. The third kappa shape index (κ3) is 2.94. The van der Waals surface area contributed by atoms with Gasteiger partial charge in [-0.2, -0.15) is 0 Å². The number of likely N-dealkylation sites (tertiary alicyclic amines) is 1. The van der Waals surface area contributed by atoms with Gasteiger partial charge in [-0.15, -0.1) is 0 Å². The first-order valence-corrected chi connectivity index (χ1v) is 6.21. The van der Waals surface area contributed by atoms with Crippen LogP contribution in [0, 0.1) is 0 Å². The van der Waals surface area contributed by atoms with Crippen molar-refractivity contribution in [2.75, 3.05) is 13.2 Å². The minimum Gasteiger partial charge on any atom is -0.368 e. The van der Waals surface area contributed by atoms with Gasteiger partial charge < -0.3 is 9.64 Å². The molecule has 0 bridgehead atoms. The van der Waals surface area contributed by atoms with E-state index in [0.29, 0.717) is 6.04 Å². The van der Waals surface area contributed by atoms with E-state index in [-0.39, 0.29) is 12.0 Å². The van der Waals surface area contributed by atoms with Crippen LogP contribution in [-0.2, 0) is 9.53 Å². The maximum Gasteiger partial charge on any atom is 0.251 e. The predicted octanol–water partition coefficient (Wildman–Crippen LogP) is 2.20. The Kier molecular flexibility index (Phi) is 5.09. The molecular weight excluding hydrogens is 190 g/mol. The second kappa shape index (κ2) is 6.11. The van der Waals surface area contributed by atoms with Crippen molar-refractivity contribution in [3.05, 3.63) is 0 Å². The van der Waals surface area contributed by atoms with Crippen molar-refractivity contribution < 1.29 is 9.53 Å². The molecule has 88 valence electrons. The lowest BCUT2D eigenvalue weighted by atomic mass is 10.2. The zero-order valence-electron chi connectivity index (χ0n) is 10.2. The van der Waals surface area contributed by atoms with Crippen LogP contribution in [0.4, 0.5) is 0 Å². The lowest BCUT2D eigenvalue weighted by Crippen LogP contribution is -2.40. The molecule has 0 radical (unpaired) electrons. The average Bonchev–Trinajstić information content (AvgIpc) is 2.90. The molecule has 3 heteroatoms. The predicted molar refractivity (Wildman–Crippen MR) is 60.7 cm³/mol. The largest absolute Gasteiger partial charge is 0.368 e. The van der Waals surface area contributed by atoms with E-state index in [9.17, 15) is 4.79 Å². The molecule has 2 aliphatic heterocycles. The van der Waals surface area contributed by atoms with E-state index in [0.717, 1.165) is 38.8 Å². The van der Waals surface area contributed by atoms with Gasteiger partial charge in [-0.1, -0.05) is 13.8 Å². The summed E-state index contributed by atoms with van der Waals surface area (Å²) in [6.45, 7) is 7.82. The van der Waals surface area contributed by atoms with Crippen LogP contribution in [0.2, 0.25) is 0 Å². The summed E-state index contributed by atoms with van der Waals surface area (Å²) in [5, 5.41) is 0. The minimum atomic E-state index is -0.124. The number of hydrogen-bond donors (Lipinski definition) is 0. The third-order valence-electron chi connectivity index (χ3n) is 3.04. The van der Waals surface area contributed by atoms with Crippen molar-refractivity contribution in [2.24, 2.45) is 0 Å². The van der Waals surface area contributed by atoms with Crippen LogP contribution in [0.25, 0.3) is 0 Å². The lowest BCUT2D eigenvalue weighted by Gasteiger charge is -2.24. The summed E-state index contributed by atoms with van der Waals surface area (Å²) in [5.74, 6) is 0.225. The molecule has 2 fully saturated rings. The van der Waals surface area contributed by atoms with Crippen LogP contribution >= 0.6 is 0 Å². The molecule has 2 rings (SSSR count). The maximum atomic E-state index is 11.9. The van der Waals surface area contributed by atoms with E-state index in [2.05, 4.69) is 6.92 Å².